The molecule has 6 nitrogen and oxygen atoms in total. The van der Waals surface area contributed by atoms with Gasteiger partial charge in [0.25, 0.3) is 0 Å². The number of hydrogen-bond donors (Lipinski definition) is 2. The molecule has 2 rings (SSSR count). The summed E-state index contributed by atoms with van der Waals surface area (Å²) in [6, 6.07) is 0. The Labute approximate surface area is 153 Å². The van der Waals surface area contributed by atoms with Crippen LogP contribution >= 0.6 is 0 Å². The summed E-state index contributed by atoms with van der Waals surface area (Å²) in [6.07, 6.45) is 5.82. The van der Waals surface area contributed by atoms with Gasteiger partial charge in [0, 0.05) is 12.0 Å². The highest BCUT2D eigenvalue weighted by Crippen LogP contribution is 2.36. The van der Waals surface area contributed by atoms with E-state index in [1.54, 1.807) is 13.0 Å². The van der Waals surface area contributed by atoms with Gasteiger partial charge in [-0.05, 0) is 38.3 Å². The van der Waals surface area contributed by atoms with Crippen molar-refractivity contribution in [2.45, 2.75) is 45.3 Å². The van der Waals surface area contributed by atoms with Crippen LogP contribution in [0, 0.1) is 5.92 Å². The van der Waals surface area contributed by atoms with Crippen molar-refractivity contribution in [3.05, 3.63) is 47.1 Å². The highest BCUT2D eigenvalue weighted by atomic mass is 16.6. The Bertz CT molecular complexity index is 670. The average Bonchev–Trinajstić information content (AvgIpc) is 2.88. The quantitative estimate of drug-likeness (QED) is 0.451. The maximum absolute atomic E-state index is 12.3. The van der Waals surface area contributed by atoms with Gasteiger partial charge in [-0.1, -0.05) is 24.3 Å². The van der Waals surface area contributed by atoms with Crippen LogP contribution < -0.4 is 0 Å². The molecule has 0 bridgehead atoms. The number of carbonyl (C=O) groups excluding carboxylic acids is 2. The second-order valence-electron chi connectivity index (χ2n) is 6.61. The van der Waals surface area contributed by atoms with Gasteiger partial charge in [0.15, 0.2) is 0 Å². The molecule has 3 atom stereocenters. The van der Waals surface area contributed by atoms with Crippen LogP contribution in [0.2, 0.25) is 0 Å². The maximum Gasteiger partial charge on any atom is 0.336 e. The molecular weight excluding hydrogens is 336 g/mol. The summed E-state index contributed by atoms with van der Waals surface area (Å²) in [4.78, 5) is 24.4. The van der Waals surface area contributed by atoms with Gasteiger partial charge < -0.3 is 19.7 Å². The fourth-order valence-electron chi connectivity index (χ4n) is 3.26. The Balaban J connectivity index is 2.39. The van der Waals surface area contributed by atoms with E-state index in [0.29, 0.717) is 12.8 Å². The van der Waals surface area contributed by atoms with E-state index in [2.05, 4.69) is 6.58 Å². The molecule has 2 N–H and O–H groups in total. The molecule has 0 spiro atoms. The summed E-state index contributed by atoms with van der Waals surface area (Å²) < 4.78 is 11.0. The lowest BCUT2D eigenvalue weighted by Crippen LogP contribution is -2.34. The smallest absolute Gasteiger partial charge is 0.336 e. The topological polar surface area (TPSA) is 93.1 Å². The zero-order chi connectivity index (χ0) is 19.3. The molecule has 1 unspecified atom stereocenters. The van der Waals surface area contributed by atoms with Gasteiger partial charge >= 0.3 is 11.9 Å². The predicted octanol–water partition coefficient (Wildman–Crippen LogP) is 1.98. The van der Waals surface area contributed by atoms with Crippen LogP contribution in [0.4, 0.5) is 0 Å². The summed E-state index contributed by atoms with van der Waals surface area (Å²) in [7, 11) is 0. The first-order chi connectivity index (χ1) is 12.4. The van der Waals surface area contributed by atoms with Crippen molar-refractivity contribution in [2.24, 2.45) is 5.92 Å². The number of hydrogen-bond acceptors (Lipinski definition) is 6. The Morgan fingerprint density at radius 2 is 2.19 bits per heavy atom. The molecule has 0 aromatic carbocycles. The molecule has 6 heteroatoms. The number of ether oxygens (including phenoxy) is 2. The second kappa shape index (κ2) is 8.96. The number of carbonyl (C=O) groups is 2. The number of esters is 2. The van der Waals surface area contributed by atoms with Crippen LogP contribution in [-0.2, 0) is 19.1 Å². The Hall–Kier alpha value is -2.18. The summed E-state index contributed by atoms with van der Waals surface area (Å²) in [6.45, 7) is 6.85. The minimum atomic E-state index is -0.654. The molecule has 1 aliphatic carbocycles. The molecule has 1 aliphatic heterocycles. The third-order valence-corrected chi connectivity index (χ3v) is 4.79. The van der Waals surface area contributed by atoms with E-state index >= 15 is 0 Å². The van der Waals surface area contributed by atoms with Gasteiger partial charge in [-0.3, -0.25) is 0 Å². The van der Waals surface area contributed by atoms with Crippen LogP contribution in [0.25, 0.3) is 0 Å². The lowest BCUT2D eigenvalue weighted by Gasteiger charge is -2.27. The molecule has 142 valence electrons. The van der Waals surface area contributed by atoms with Crippen molar-refractivity contribution >= 4 is 11.9 Å². The molecule has 0 aromatic rings. The van der Waals surface area contributed by atoms with Crippen molar-refractivity contribution < 1.29 is 29.3 Å². The first kappa shape index (κ1) is 20.1. The van der Waals surface area contributed by atoms with Crippen LogP contribution in [-0.4, -0.2) is 47.6 Å². The Kier molecular flexibility index (Phi) is 6.94. The number of aliphatic hydroxyl groups is 2. The van der Waals surface area contributed by atoms with Gasteiger partial charge in [0.05, 0.1) is 24.7 Å². The van der Waals surface area contributed by atoms with E-state index in [-0.39, 0.29) is 17.8 Å². The van der Waals surface area contributed by atoms with Crippen molar-refractivity contribution in [3.8, 4) is 0 Å². The summed E-state index contributed by atoms with van der Waals surface area (Å²) in [5.41, 5.74) is 2.19. The molecule has 0 radical (unpaired) electrons. The van der Waals surface area contributed by atoms with E-state index in [9.17, 15) is 19.8 Å². The van der Waals surface area contributed by atoms with E-state index in [1.807, 2.05) is 13.0 Å². The molecule has 0 aromatic heterocycles. The highest BCUT2D eigenvalue weighted by molar-refractivity contribution is 5.92. The predicted molar refractivity (Wildman–Crippen MR) is 96.0 cm³/mol. The molecule has 1 heterocycles. The third kappa shape index (κ3) is 4.51. The zero-order valence-corrected chi connectivity index (χ0v) is 15.2. The monoisotopic (exact) mass is 362 g/mol. The SMILES string of the molecule is C=C1C(=O)O[C@@H]2/C=C(\CO)CC/C=C(\C)C[C@H](OC(=O)/C(=C/C)CO)C12. The molecule has 1 saturated heterocycles. The van der Waals surface area contributed by atoms with Gasteiger partial charge in [-0.2, -0.15) is 0 Å². The third-order valence-electron chi connectivity index (χ3n) is 4.79. The van der Waals surface area contributed by atoms with Gasteiger partial charge in [-0.25, -0.2) is 9.59 Å². The molecular formula is C20H26O6. The van der Waals surface area contributed by atoms with Crippen molar-refractivity contribution in [2.75, 3.05) is 13.2 Å². The first-order valence-corrected chi connectivity index (χ1v) is 8.74. The largest absolute Gasteiger partial charge is 0.458 e. The zero-order valence-electron chi connectivity index (χ0n) is 15.2. The van der Waals surface area contributed by atoms with Crippen LogP contribution in [0.15, 0.2) is 47.1 Å². The lowest BCUT2D eigenvalue weighted by molar-refractivity contribution is -0.147. The van der Waals surface area contributed by atoms with Gasteiger partial charge in [-0.15, -0.1) is 0 Å². The van der Waals surface area contributed by atoms with E-state index < -0.39 is 36.7 Å². The number of rotatable bonds is 4. The normalized spacial score (nSPS) is 31.2. The van der Waals surface area contributed by atoms with E-state index in [0.717, 1.165) is 17.6 Å². The molecule has 2 aliphatic rings. The van der Waals surface area contributed by atoms with E-state index in [1.165, 1.54) is 6.08 Å². The molecule has 1 fully saturated rings. The average molecular weight is 362 g/mol. The fourth-order valence-corrected chi connectivity index (χ4v) is 3.26. The number of aliphatic hydroxyl groups excluding tert-OH is 2. The van der Waals surface area contributed by atoms with Crippen molar-refractivity contribution in [3.63, 3.8) is 0 Å². The van der Waals surface area contributed by atoms with Gasteiger partial charge in [0.1, 0.15) is 12.2 Å². The van der Waals surface area contributed by atoms with Gasteiger partial charge in [0.2, 0.25) is 0 Å². The standard InChI is InChI=1S/C20H26O6/c1-4-15(11-22)20(24)26-16-8-12(2)6-5-7-14(10-21)9-17-18(16)13(3)19(23)25-17/h4,6,9,16-18,21-22H,3,5,7-8,10-11H2,1-2H3/b12-6+,14-9-,15-4+/t16-,17+,18?/m0/s1. The summed E-state index contributed by atoms with van der Waals surface area (Å²) >= 11 is 0. The molecule has 0 amide bonds. The van der Waals surface area contributed by atoms with Crippen LogP contribution in [0.5, 0.6) is 0 Å². The minimum absolute atomic E-state index is 0.127. The van der Waals surface area contributed by atoms with Crippen molar-refractivity contribution in [1.82, 2.24) is 0 Å². The Morgan fingerprint density at radius 1 is 1.46 bits per heavy atom. The van der Waals surface area contributed by atoms with E-state index in [4.69, 9.17) is 9.47 Å². The number of allylic oxidation sites excluding steroid dienone is 2. The fraction of sp³-hybridized carbons (Fsp3) is 0.500. The second-order valence-corrected chi connectivity index (χ2v) is 6.61. The summed E-state index contributed by atoms with van der Waals surface area (Å²) in [5, 5.41) is 18.9. The summed E-state index contributed by atoms with van der Waals surface area (Å²) in [5.74, 6) is -1.68. The molecule has 26 heavy (non-hydrogen) atoms. The van der Waals surface area contributed by atoms with Crippen LogP contribution in [0.3, 0.4) is 0 Å². The van der Waals surface area contributed by atoms with Crippen molar-refractivity contribution in [1.29, 1.82) is 0 Å². The number of fused-ring (bicyclic) bond motifs is 1. The lowest BCUT2D eigenvalue weighted by atomic mass is 9.85. The molecule has 0 saturated carbocycles. The maximum atomic E-state index is 12.3. The minimum Gasteiger partial charge on any atom is -0.458 e. The van der Waals surface area contributed by atoms with Crippen LogP contribution in [0.1, 0.15) is 33.1 Å². The Morgan fingerprint density at radius 3 is 2.81 bits per heavy atom. The highest BCUT2D eigenvalue weighted by Gasteiger charge is 2.44. The first-order valence-electron chi connectivity index (χ1n) is 8.74.